The molecule has 0 bridgehead atoms. The van der Waals surface area contributed by atoms with Crippen LogP contribution in [0.25, 0.3) is 0 Å². The molecule has 0 saturated carbocycles. The lowest BCUT2D eigenvalue weighted by Crippen LogP contribution is -2.42. The van der Waals surface area contributed by atoms with Crippen molar-refractivity contribution < 1.29 is 5.21 Å². The van der Waals surface area contributed by atoms with E-state index in [0.717, 1.165) is 19.4 Å². The van der Waals surface area contributed by atoms with Gasteiger partial charge in [0.25, 0.3) is 0 Å². The molecule has 0 aromatic heterocycles. The fourth-order valence-electron chi connectivity index (χ4n) is 2.13. The molecule has 16 heavy (non-hydrogen) atoms. The number of nitrogens with one attached hydrogen (secondary N) is 1. The summed E-state index contributed by atoms with van der Waals surface area (Å²) in [6, 6.07) is 0. The fourth-order valence-corrected chi connectivity index (χ4v) is 2.13. The maximum Gasteiger partial charge on any atom is 0.139 e. The molecule has 0 rings (SSSR count). The lowest BCUT2D eigenvalue weighted by molar-refractivity contribution is 0.242. The van der Waals surface area contributed by atoms with Crippen LogP contribution in [0.4, 0.5) is 0 Å². The van der Waals surface area contributed by atoms with Crippen LogP contribution in [0.2, 0.25) is 0 Å². The summed E-state index contributed by atoms with van der Waals surface area (Å²) in [5, 5.41) is 14.8. The van der Waals surface area contributed by atoms with E-state index in [1.54, 1.807) is 0 Å². The molecule has 0 unspecified atom stereocenters. The first kappa shape index (κ1) is 15.2. The Morgan fingerprint density at radius 2 is 1.81 bits per heavy atom. The van der Waals surface area contributed by atoms with Crippen LogP contribution in [0.1, 0.15) is 53.9 Å². The van der Waals surface area contributed by atoms with Gasteiger partial charge in [-0.2, -0.15) is 0 Å². The summed E-state index contributed by atoms with van der Waals surface area (Å²) >= 11 is 0. The van der Waals surface area contributed by atoms with Crippen molar-refractivity contribution >= 4 is 5.84 Å². The van der Waals surface area contributed by atoms with Crippen molar-refractivity contribution in [1.29, 1.82) is 0 Å². The van der Waals surface area contributed by atoms with E-state index in [1.165, 1.54) is 0 Å². The molecule has 0 aromatic rings. The Morgan fingerprint density at radius 3 is 2.25 bits per heavy atom. The molecule has 96 valence electrons. The van der Waals surface area contributed by atoms with Gasteiger partial charge in [-0.25, -0.2) is 0 Å². The Morgan fingerprint density at radius 1 is 1.25 bits per heavy atom. The van der Waals surface area contributed by atoms with Crippen molar-refractivity contribution in [3.8, 4) is 0 Å². The second-order valence-electron chi connectivity index (χ2n) is 6.24. The number of amidine groups is 1. The first-order valence-electron chi connectivity index (χ1n) is 5.88. The average Bonchev–Trinajstić information content (AvgIpc) is 2.08. The lowest BCUT2D eigenvalue weighted by Gasteiger charge is -2.33. The second kappa shape index (κ2) is 6.09. The van der Waals surface area contributed by atoms with Crippen molar-refractivity contribution in [2.45, 2.75) is 59.4 Å². The van der Waals surface area contributed by atoms with Crippen LogP contribution in [-0.4, -0.2) is 23.1 Å². The van der Waals surface area contributed by atoms with Gasteiger partial charge in [-0.1, -0.05) is 25.9 Å². The Bertz CT molecular complexity index is 229. The highest BCUT2D eigenvalue weighted by Gasteiger charge is 2.24. The second-order valence-corrected chi connectivity index (χ2v) is 6.24. The molecule has 0 fully saturated rings. The molecule has 0 heterocycles. The number of nitrogens with zero attached hydrogens (tertiary/aromatic N) is 1. The summed E-state index contributed by atoms with van der Waals surface area (Å²) < 4.78 is 0. The number of rotatable bonds is 6. The van der Waals surface area contributed by atoms with Gasteiger partial charge in [0.2, 0.25) is 0 Å². The van der Waals surface area contributed by atoms with Gasteiger partial charge in [0.1, 0.15) is 5.84 Å². The molecule has 0 atom stereocenters. The molecular weight excluding hydrogens is 202 g/mol. The van der Waals surface area contributed by atoms with Crippen LogP contribution in [0.3, 0.4) is 0 Å². The van der Waals surface area contributed by atoms with E-state index in [1.807, 2.05) is 0 Å². The van der Waals surface area contributed by atoms with Crippen LogP contribution in [-0.2, 0) is 0 Å². The van der Waals surface area contributed by atoms with Crippen LogP contribution >= 0.6 is 0 Å². The highest BCUT2D eigenvalue weighted by atomic mass is 16.4. The van der Waals surface area contributed by atoms with Gasteiger partial charge >= 0.3 is 0 Å². The Labute approximate surface area is 99.3 Å². The van der Waals surface area contributed by atoms with E-state index in [-0.39, 0.29) is 5.54 Å². The topological polar surface area (TPSA) is 70.6 Å². The first-order valence-corrected chi connectivity index (χ1v) is 5.88. The van der Waals surface area contributed by atoms with Crippen molar-refractivity contribution in [3.63, 3.8) is 0 Å². The van der Waals surface area contributed by atoms with Crippen molar-refractivity contribution in [2.24, 2.45) is 16.3 Å². The summed E-state index contributed by atoms with van der Waals surface area (Å²) in [5.41, 5.74) is 5.85. The largest absolute Gasteiger partial charge is 0.409 e. The van der Waals surface area contributed by atoms with Crippen molar-refractivity contribution in [3.05, 3.63) is 0 Å². The average molecular weight is 229 g/mol. The molecule has 0 saturated heterocycles. The maximum absolute atomic E-state index is 8.39. The summed E-state index contributed by atoms with van der Waals surface area (Å²) in [6.07, 6.45) is 2.64. The van der Waals surface area contributed by atoms with Crippen LogP contribution in [0, 0.1) is 5.41 Å². The Hall–Kier alpha value is -0.770. The normalized spacial score (nSPS) is 14.2. The number of hydrogen-bond acceptors (Lipinski definition) is 3. The molecule has 0 aliphatic heterocycles. The zero-order valence-electron chi connectivity index (χ0n) is 11.3. The third-order valence-corrected chi connectivity index (χ3v) is 2.31. The standard InChI is InChI=1S/C12H27N3O/c1-11(2,3)9-12(4,5)14-8-6-7-10(13)15-16/h14,16H,6-9H2,1-5H3,(H2,13,15). The predicted molar refractivity (Wildman–Crippen MR) is 68.8 cm³/mol. The monoisotopic (exact) mass is 229 g/mol. The number of oxime groups is 1. The van der Waals surface area contributed by atoms with Crippen molar-refractivity contribution in [1.82, 2.24) is 5.32 Å². The molecule has 0 aliphatic rings. The minimum Gasteiger partial charge on any atom is -0.409 e. The molecule has 0 aliphatic carbocycles. The van der Waals surface area contributed by atoms with E-state index in [2.05, 4.69) is 45.1 Å². The van der Waals surface area contributed by atoms with E-state index in [0.29, 0.717) is 17.7 Å². The van der Waals surface area contributed by atoms with Gasteiger partial charge in [0, 0.05) is 12.0 Å². The summed E-state index contributed by atoms with van der Waals surface area (Å²) in [5.74, 6) is 0.301. The van der Waals surface area contributed by atoms with Gasteiger partial charge in [-0.05, 0) is 38.6 Å². The molecule has 4 N–H and O–H groups in total. The van der Waals surface area contributed by atoms with E-state index in [4.69, 9.17) is 10.9 Å². The molecular formula is C12H27N3O. The lowest BCUT2D eigenvalue weighted by atomic mass is 9.82. The Balaban J connectivity index is 3.83. The molecule has 0 radical (unpaired) electrons. The number of nitrogens with two attached hydrogens (primary N) is 1. The Kier molecular flexibility index (Phi) is 5.79. The minimum absolute atomic E-state index is 0.128. The quantitative estimate of drug-likeness (QED) is 0.215. The minimum atomic E-state index is 0.128. The van der Waals surface area contributed by atoms with Gasteiger partial charge in [-0.15, -0.1) is 0 Å². The van der Waals surface area contributed by atoms with E-state index >= 15 is 0 Å². The highest BCUT2D eigenvalue weighted by Crippen LogP contribution is 2.26. The molecule has 4 heteroatoms. The smallest absolute Gasteiger partial charge is 0.139 e. The highest BCUT2D eigenvalue weighted by molar-refractivity contribution is 5.79. The van der Waals surface area contributed by atoms with Gasteiger partial charge in [-0.3, -0.25) is 0 Å². The fraction of sp³-hybridized carbons (Fsp3) is 0.917. The van der Waals surface area contributed by atoms with Crippen LogP contribution in [0.5, 0.6) is 0 Å². The molecule has 0 amide bonds. The van der Waals surface area contributed by atoms with E-state index in [9.17, 15) is 0 Å². The first-order chi connectivity index (χ1) is 7.16. The third-order valence-electron chi connectivity index (χ3n) is 2.31. The van der Waals surface area contributed by atoms with Crippen LogP contribution < -0.4 is 11.1 Å². The maximum atomic E-state index is 8.39. The third kappa shape index (κ3) is 8.53. The predicted octanol–water partition coefficient (Wildman–Crippen LogP) is 2.32. The zero-order chi connectivity index (χ0) is 12.8. The summed E-state index contributed by atoms with van der Waals surface area (Å²) in [4.78, 5) is 0. The summed E-state index contributed by atoms with van der Waals surface area (Å²) in [7, 11) is 0. The van der Waals surface area contributed by atoms with E-state index < -0.39 is 0 Å². The molecule has 0 spiro atoms. The van der Waals surface area contributed by atoms with Gasteiger partial charge < -0.3 is 16.3 Å². The van der Waals surface area contributed by atoms with Crippen molar-refractivity contribution in [2.75, 3.05) is 6.54 Å². The van der Waals surface area contributed by atoms with Crippen LogP contribution in [0.15, 0.2) is 5.16 Å². The molecule has 4 nitrogen and oxygen atoms in total. The summed E-state index contributed by atoms with van der Waals surface area (Å²) in [6.45, 7) is 12.0. The van der Waals surface area contributed by atoms with Gasteiger partial charge in [0.15, 0.2) is 0 Å². The zero-order valence-corrected chi connectivity index (χ0v) is 11.3. The van der Waals surface area contributed by atoms with Gasteiger partial charge in [0.05, 0.1) is 0 Å². The molecule has 0 aromatic carbocycles. The SMILES string of the molecule is CC(C)(C)CC(C)(C)NCCCC(N)=NO. The number of hydrogen-bond donors (Lipinski definition) is 3.